The van der Waals surface area contributed by atoms with Crippen LogP contribution in [-0.4, -0.2) is 24.8 Å². The summed E-state index contributed by atoms with van der Waals surface area (Å²) in [6, 6.07) is 1.37. The number of anilines is 1. The van der Waals surface area contributed by atoms with Gasteiger partial charge in [-0.05, 0) is 6.07 Å². The van der Waals surface area contributed by atoms with Crippen LogP contribution >= 0.6 is 0 Å². The van der Waals surface area contributed by atoms with Crippen molar-refractivity contribution < 1.29 is 19.4 Å². The maximum atomic E-state index is 11.0. The summed E-state index contributed by atoms with van der Waals surface area (Å²) in [6.45, 7) is 0.513. The monoisotopic (exact) mass is 209 g/mol. The molecular weight excluding hydrogens is 198 g/mol. The summed E-state index contributed by atoms with van der Waals surface area (Å²) in [6.07, 6.45) is 0.629. The first-order valence-corrected chi connectivity index (χ1v) is 4.50. The lowest BCUT2D eigenvalue weighted by Gasteiger charge is -2.11. The van der Waals surface area contributed by atoms with Crippen LogP contribution in [0, 0.1) is 0 Å². The Morgan fingerprint density at radius 3 is 3.00 bits per heavy atom. The Morgan fingerprint density at radius 2 is 2.40 bits per heavy atom. The van der Waals surface area contributed by atoms with Crippen molar-refractivity contribution in [3.8, 4) is 11.5 Å². The van der Waals surface area contributed by atoms with Crippen molar-refractivity contribution in [1.82, 2.24) is 0 Å². The Hall–Kier alpha value is -1.91. The number of benzene rings is 1. The van der Waals surface area contributed by atoms with Gasteiger partial charge in [-0.2, -0.15) is 0 Å². The molecule has 0 radical (unpaired) electrons. The normalized spacial score (nSPS) is 13.1. The number of hydrogen-bond acceptors (Lipinski definition) is 4. The molecule has 5 nitrogen and oxygen atoms in total. The van der Waals surface area contributed by atoms with Crippen LogP contribution in [-0.2, 0) is 6.42 Å². The second-order valence-corrected chi connectivity index (χ2v) is 3.26. The number of ether oxygens (including phenoxy) is 2. The molecule has 0 aliphatic carbocycles. The molecule has 0 fully saturated rings. The predicted octanol–water partition coefficient (Wildman–Crippen LogP) is 0.911. The molecule has 1 aliphatic rings. The molecule has 1 aliphatic heterocycles. The fraction of sp³-hybridized carbons (Fsp3) is 0.300. The van der Waals surface area contributed by atoms with Crippen molar-refractivity contribution in [3.63, 3.8) is 0 Å². The molecule has 1 heterocycles. The van der Waals surface area contributed by atoms with Crippen molar-refractivity contribution in [2.75, 3.05) is 19.5 Å². The van der Waals surface area contributed by atoms with Gasteiger partial charge in [0.15, 0.2) is 0 Å². The summed E-state index contributed by atoms with van der Waals surface area (Å²) in [5.74, 6) is -0.144. The van der Waals surface area contributed by atoms with E-state index in [0.29, 0.717) is 30.2 Å². The average molecular weight is 209 g/mol. The van der Waals surface area contributed by atoms with E-state index in [-0.39, 0.29) is 5.56 Å². The van der Waals surface area contributed by atoms with E-state index in [1.807, 2.05) is 0 Å². The molecule has 0 saturated carbocycles. The molecule has 2 rings (SSSR count). The zero-order valence-corrected chi connectivity index (χ0v) is 8.24. The van der Waals surface area contributed by atoms with Crippen molar-refractivity contribution in [2.24, 2.45) is 0 Å². The zero-order chi connectivity index (χ0) is 11.0. The number of carbonyl (C=O) groups is 1. The van der Waals surface area contributed by atoms with Crippen LogP contribution in [0.4, 0.5) is 5.69 Å². The number of hydrogen-bond donors (Lipinski definition) is 2. The third-order valence-electron chi connectivity index (χ3n) is 2.39. The van der Waals surface area contributed by atoms with Crippen LogP contribution in [0.2, 0.25) is 0 Å². The number of carboxylic acids is 1. The quantitative estimate of drug-likeness (QED) is 0.707. The summed E-state index contributed by atoms with van der Waals surface area (Å²) in [4.78, 5) is 11.0. The lowest BCUT2D eigenvalue weighted by Crippen LogP contribution is -2.04. The molecule has 1 aromatic rings. The van der Waals surface area contributed by atoms with E-state index in [1.165, 1.54) is 13.2 Å². The lowest BCUT2D eigenvalue weighted by atomic mass is 10.0. The maximum absolute atomic E-state index is 11.0. The minimum absolute atomic E-state index is 0.0826. The van der Waals surface area contributed by atoms with Gasteiger partial charge >= 0.3 is 5.97 Å². The zero-order valence-electron chi connectivity index (χ0n) is 8.24. The summed E-state index contributed by atoms with van der Waals surface area (Å²) in [5.41, 5.74) is 6.87. The Labute approximate surface area is 86.4 Å². The highest BCUT2D eigenvalue weighted by Gasteiger charge is 2.25. The van der Waals surface area contributed by atoms with Gasteiger partial charge in [-0.25, -0.2) is 4.79 Å². The molecule has 5 heteroatoms. The number of rotatable bonds is 2. The first-order chi connectivity index (χ1) is 7.15. The van der Waals surface area contributed by atoms with Crippen LogP contribution in [0.5, 0.6) is 11.5 Å². The fourth-order valence-electron chi connectivity index (χ4n) is 1.77. The summed E-state index contributed by atoms with van der Waals surface area (Å²) in [7, 11) is 1.44. The topological polar surface area (TPSA) is 81.8 Å². The first kappa shape index (κ1) is 9.64. The molecule has 0 atom stereocenters. The summed E-state index contributed by atoms with van der Waals surface area (Å²) in [5, 5.41) is 8.98. The van der Waals surface area contributed by atoms with Crippen molar-refractivity contribution in [3.05, 3.63) is 17.2 Å². The SMILES string of the molecule is COc1c(C(=O)O)cc(N)c2c1CCO2. The highest BCUT2D eigenvalue weighted by atomic mass is 16.5. The highest BCUT2D eigenvalue weighted by Crippen LogP contribution is 2.40. The third kappa shape index (κ3) is 1.36. The Bertz CT molecular complexity index is 428. The Balaban J connectivity index is 2.68. The first-order valence-electron chi connectivity index (χ1n) is 4.50. The second-order valence-electron chi connectivity index (χ2n) is 3.26. The van der Waals surface area contributed by atoms with E-state index in [4.69, 9.17) is 20.3 Å². The summed E-state index contributed by atoms with van der Waals surface area (Å²) < 4.78 is 10.4. The van der Waals surface area contributed by atoms with Gasteiger partial charge in [-0.3, -0.25) is 0 Å². The predicted molar refractivity (Wildman–Crippen MR) is 53.6 cm³/mol. The molecular formula is C10H11NO4. The van der Waals surface area contributed by atoms with Gasteiger partial charge in [0.1, 0.15) is 17.1 Å². The molecule has 1 aromatic carbocycles. The van der Waals surface area contributed by atoms with Gasteiger partial charge in [0, 0.05) is 12.0 Å². The lowest BCUT2D eigenvalue weighted by molar-refractivity contribution is 0.0693. The largest absolute Gasteiger partial charge is 0.495 e. The van der Waals surface area contributed by atoms with Gasteiger partial charge < -0.3 is 20.3 Å². The number of nitrogen functional groups attached to an aromatic ring is 1. The summed E-state index contributed by atoms with van der Waals surface area (Å²) >= 11 is 0. The smallest absolute Gasteiger partial charge is 0.339 e. The van der Waals surface area contributed by atoms with Crippen molar-refractivity contribution in [1.29, 1.82) is 0 Å². The number of fused-ring (bicyclic) bond motifs is 1. The molecule has 80 valence electrons. The molecule has 0 bridgehead atoms. The van der Waals surface area contributed by atoms with E-state index in [0.717, 1.165) is 5.56 Å². The van der Waals surface area contributed by atoms with Crippen molar-refractivity contribution >= 4 is 11.7 Å². The molecule has 0 aromatic heterocycles. The average Bonchev–Trinajstić information content (AvgIpc) is 2.66. The van der Waals surface area contributed by atoms with E-state index in [1.54, 1.807) is 0 Å². The standard InChI is InChI=1S/C10H11NO4/c1-14-8-5-2-3-15-9(5)7(11)4-6(8)10(12)13/h4H,2-3,11H2,1H3,(H,12,13). The van der Waals surface area contributed by atoms with Crippen LogP contribution in [0.3, 0.4) is 0 Å². The molecule has 0 amide bonds. The Kier molecular flexibility index (Phi) is 2.15. The molecule has 0 unspecified atom stereocenters. The van der Waals surface area contributed by atoms with Gasteiger partial charge in [0.2, 0.25) is 0 Å². The van der Waals surface area contributed by atoms with E-state index in [9.17, 15) is 4.79 Å². The minimum Gasteiger partial charge on any atom is -0.495 e. The van der Waals surface area contributed by atoms with E-state index in [2.05, 4.69) is 0 Å². The molecule has 0 saturated heterocycles. The second kappa shape index (κ2) is 3.34. The van der Waals surface area contributed by atoms with E-state index < -0.39 is 5.97 Å². The van der Waals surface area contributed by atoms with Gasteiger partial charge in [0.25, 0.3) is 0 Å². The van der Waals surface area contributed by atoms with Gasteiger partial charge in [0.05, 0.1) is 19.4 Å². The van der Waals surface area contributed by atoms with Crippen molar-refractivity contribution in [2.45, 2.75) is 6.42 Å². The number of carboxylic acid groups (broad SMARTS) is 1. The van der Waals surface area contributed by atoms with Gasteiger partial charge in [-0.1, -0.05) is 0 Å². The van der Waals surface area contributed by atoms with Crippen LogP contribution < -0.4 is 15.2 Å². The maximum Gasteiger partial charge on any atom is 0.339 e. The minimum atomic E-state index is -1.05. The molecule has 15 heavy (non-hydrogen) atoms. The Morgan fingerprint density at radius 1 is 1.67 bits per heavy atom. The van der Waals surface area contributed by atoms with Gasteiger partial charge in [-0.15, -0.1) is 0 Å². The highest BCUT2D eigenvalue weighted by molar-refractivity contribution is 5.94. The van der Waals surface area contributed by atoms with Crippen LogP contribution in [0.1, 0.15) is 15.9 Å². The number of methoxy groups -OCH3 is 1. The third-order valence-corrected chi connectivity index (χ3v) is 2.39. The van der Waals surface area contributed by atoms with E-state index >= 15 is 0 Å². The fourth-order valence-corrected chi connectivity index (χ4v) is 1.77. The molecule has 0 spiro atoms. The van der Waals surface area contributed by atoms with Crippen LogP contribution in [0.25, 0.3) is 0 Å². The molecule has 3 N–H and O–H groups in total. The number of nitrogens with two attached hydrogens (primary N) is 1. The van der Waals surface area contributed by atoms with Crippen LogP contribution in [0.15, 0.2) is 6.07 Å². The number of aromatic carboxylic acids is 1.